The van der Waals surface area contributed by atoms with Crippen molar-refractivity contribution in [3.05, 3.63) is 0 Å². The van der Waals surface area contributed by atoms with E-state index < -0.39 is 45.9 Å². The first kappa shape index (κ1) is 27.1. The van der Waals surface area contributed by atoms with Gasteiger partial charge < -0.3 is 10.9 Å². The van der Waals surface area contributed by atoms with Crippen molar-refractivity contribution in [2.75, 3.05) is 0 Å². The smallest absolute Gasteiger partial charge is 1.00 e. The minimum Gasteiger partial charge on any atom is -1.00 e. The van der Waals surface area contributed by atoms with E-state index in [1.54, 1.807) is 13.8 Å². The van der Waals surface area contributed by atoms with Crippen LogP contribution in [0.3, 0.4) is 0 Å². The van der Waals surface area contributed by atoms with E-state index in [9.17, 15) is 22.6 Å². The molecular formula is C16H31NaO7S. The van der Waals surface area contributed by atoms with Gasteiger partial charge in [0.05, 0.1) is 18.6 Å². The van der Waals surface area contributed by atoms with Gasteiger partial charge in [0.1, 0.15) is 0 Å². The molecule has 144 valence electrons. The minimum absolute atomic E-state index is 0. The van der Waals surface area contributed by atoms with Crippen molar-refractivity contribution < 1.29 is 63.0 Å². The summed E-state index contributed by atoms with van der Waals surface area (Å²) in [5, 5.41) is -1.97. The fourth-order valence-electron chi connectivity index (χ4n) is 2.43. The van der Waals surface area contributed by atoms with Crippen molar-refractivity contribution in [3.63, 3.8) is 0 Å². The topological polar surface area (TPSA) is 107 Å². The summed E-state index contributed by atoms with van der Waals surface area (Å²) in [6, 6.07) is 0. The Balaban J connectivity index is -0.00000264. The van der Waals surface area contributed by atoms with Crippen LogP contribution in [0.2, 0.25) is 0 Å². The molecule has 0 bridgehead atoms. The first-order valence-electron chi connectivity index (χ1n) is 8.19. The molecule has 1 N–H and O–H groups in total. The Hall–Kier alpha value is -0.150. The van der Waals surface area contributed by atoms with Gasteiger partial charge in [-0.05, 0) is 38.5 Å². The Morgan fingerprint density at radius 1 is 0.920 bits per heavy atom. The third kappa shape index (κ3) is 12.8. The third-order valence-corrected chi connectivity index (χ3v) is 4.31. The second-order valence-electron chi connectivity index (χ2n) is 7.01. The molecule has 25 heavy (non-hydrogen) atoms. The van der Waals surface area contributed by atoms with Gasteiger partial charge in [-0.25, -0.2) is 0 Å². The summed E-state index contributed by atoms with van der Waals surface area (Å²) in [6.07, 6.45) is -0.542. The molecule has 0 aromatic rings. The molecule has 9 heteroatoms. The van der Waals surface area contributed by atoms with Crippen molar-refractivity contribution in [1.82, 2.24) is 0 Å². The number of ether oxygens (including phenoxy) is 2. The van der Waals surface area contributed by atoms with E-state index in [1.165, 1.54) is 0 Å². The second kappa shape index (κ2) is 12.3. The molecule has 0 fully saturated rings. The van der Waals surface area contributed by atoms with E-state index in [4.69, 9.17) is 9.47 Å². The summed E-state index contributed by atoms with van der Waals surface area (Å²) < 4.78 is 42.2. The molecule has 0 heterocycles. The van der Waals surface area contributed by atoms with Gasteiger partial charge >= 0.3 is 41.5 Å². The van der Waals surface area contributed by atoms with Crippen LogP contribution in [0.1, 0.15) is 62.2 Å². The van der Waals surface area contributed by atoms with Crippen LogP contribution >= 0.6 is 0 Å². The van der Waals surface area contributed by atoms with Crippen LogP contribution in [-0.4, -0.2) is 42.4 Å². The van der Waals surface area contributed by atoms with Gasteiger partial charge in [0, 0.05) is 0 Å². The second-order valence-corrected chi connectivity index (χ2v) is 8.61. The van der Waals surface area contributed by atoms with Crippen LogP contribution in [0.15, 0.2) is 0 Å². The quantitative estimate of drug-likeness (QED) is 0.310. The first-order chi connectivity index (χ1) is 10.8. The molecule has 0 aliphatic carbocycles. The normalized spacial score (nSPS) is 15.2. The average Bonchev–Trinajstić information content (AvgIpc) is 2.31. The number of carbonyl (C=O) groups is 2. The largest absolute Gasteiger partial charge is 1.00 e. The van der Waals surface area contributed by atoms with Crippen LogP contribution < -0.4 is 29.6 Å². The number of hydrogen-bond acceptors (Lipinski definition) is 6. The fourth-order valence-corrected chi connectivity index (χ4v) is 3.08. The molecule has 0 saturated carbocycles. The predicted molar refractivity (Wildman–Crippen MR) is 91.1 cm³/mol. The third-order valence-electron chi connectivity index (χ3n) is 3.23. The fraction of sp³-hybridized carbons (Fsp3) is 0.875. The van der Waals surface area contributed by atoms with Crippen molar-refractivity contribution in [2.24, 2.45) is 11.8 Å². The minimum atomic E-state index is -4.77. The van der Waals surface area contributed by atoms with E-state index in [1.807, 2.05) is 27.7 Å². The van der Waals surface area contributed by atoms with E-state index in [0.717, 1.165) is 0 Å². The Morgan fingerprint density at radius 2 is 1.32 bits per heavy atom. The molecule has 0 saturated heterocycles. The molecule has 0 amide bonds. The van der Waals surface area contributed by atoms with Gasteiger partial charge in [-0.15, -0.1) is 0 Å². The zero-order valence-electron chi connectivity index (χ0n) is 17.3. The van der Waals surface area contributed by atoms with Crippen LogP contribution in [0.25, 0.3) is 0 Å². The van der Waals surface area contributed by atoms with Gasteiger partial charge in [0.25, 0.3) is 10.1 Å². The summed E-state index contributed by atoms with van der Waals surface area (Å²) in [6.45, 7) is 11.1. The van der Waals surface area contributed by atoms with Crippen molar-refractivity contribution in [3.8, 4) is 0 Å². The number of rotatable bonds is 10. The Bertz CT molecular complexity index is 523. The summed E-state index contributed by atoms with van der Waals surface area (Å²) in [5.41, 5.74) is 0. The van der Waals surface area contributed by atoms with Crippen LogP contribution in [0, 0.1) is 11.8 Å². The SMILES string of the molecule is CC(C)CC(C)OC(=O)CC(C(=O)OC(C)CC(C)C)S(=O)(=O)O.[H-].[Na+]. The Morgan fingerprint density at radius 3 is 1.68 bits per heavy atom. The van der Waals surface area contributed by atoms with Crippen LogP contribution in [0.4, 0.5) is 0 Å². The van der Waals surface area contributed by atoms with Gasteiger partial charge in [0.15, 0.2) is 5.25 Å². The summed E-state index contributed by atoms with van der Waals surface area (Å²) in [5.74, 6) is -1.45. The van der Waals surface area contributed by atoms with Gasteiger partial charge in [-0.3, -0.25) is 14.1 Å². The average molecular weight is 390 g/mol. The van der Waals surface area contributed by atoms with E-state index in [2.05, 4.69) is 0 Å². The predicted octanol–water partition coefficient (Wildman–Crippen LogP) is -0.295. The van der Waals surface area contributed by atoms with Crippen molar-refractivity contribution in [1.29, 1.82) is 0 Å². The first-order valence-corrected chi connectivity index (χ1v) is 9.69. The Labute approximate surface area is 174 Å². The molecule has 3 atom stereocenters. The molecule has 0 aromatic heterocycles. The maximum Gasteiger partial charge on any atom is 1.00 e. The van der Waals surface area contributed by atoms with Crippen molar-refractivity contribution >= 4 is 22.1 Å². The maximum atomic E-state index is 12.0. The van der Waals surface area contributed by atoms with Gasteiger partial charge in [-0.1, -0.05) is 27.7 Å². The summed E-state index contributed by atoms with van der Waals surface area (Å²) in [7, 11) is -4.77. The molecule has 0 aromatic carbocycles. The van der Waals surface area contributed by atoms with E-state index in [0.29, 0.717) is 18.8 Å². The maximum absolute atomic E-state index is 12.0. The molecular weight excluding hydrogens is 359 g/mol. The zero-order valence-corrected chi connectivity index (χ0v) is 19.1. The molecule has 0 aliphatic rings. The molecule has 0 aliphatic heterocycles. The molecule has 7 nitrogen and oxygen atoms in total. The number of esters is 2. The number of carbonyl (C=O) groups excluding carboxylic acids is 2. The number of hydrogen-bond donors (Lipinski definition) is 1. The van der Waals surface area contributed by atoms with E-state index in [-0.39, 0.29) is 36.9 Å². The summed E-state index contributed by atoms with van der Waals surface area (Å²) >= 11 is 0. The van der Waals surface area contributed by atoms with E-state index >= 15 is 0 Å². The van der Waals surface area contributed by atoms with Gasteiger partial charge in [0.2, 0.25) is 0 Å². The molecule has 0 rings (SSSR count). The monoisotopic (exact) mass is 390 g/mol. The Kier molecular flexibility index (Phi) is 13.3. The van der Waals surface area contributed by atoms with Crippen molar-refractivity contribution in [2.45, 2.75) is 78.3 Å². The van der Waals surface area contributed by atoms with Crippen LogP contribution in [-0.2, 0) is 29.2 Å². The zero-order chi connectivity index (χ0) is 19.1. The summed E-state index contributed by atoms with van der Waals surface area (Å²) in [4.78, 5) is 23.9. The standard InChI is InChI=1S/C16H30O7S.Na.H/c1-10(2)7-12(5)22-15(17)9-14(24(19,20)21)16(18)23-13(6)8-11(3)4;;/h10-14H,7-9H2,1-6H3,(H,19,20,21);;/q;+1;-1. The molecule has 0 spiro atoms. The molecule has 0 radical (unpaired) electrons. The molecule has 3 unspecified atom stereocenters. The van der Waals surface area contributed by atoms with Crippen LogP contribution in [0.5, 0.6) is 0 Å². The van der Waals surface area contributed by atoms with Gasteiger partial charge in [-0.2, -0.15) is 8.42 Å².